The van der Waals surface area contributed by atoms with Gasteiger partial charge in [0.2, 0.25) is 5.91 Å². The fourth-order valence-electron chi connectivity index (χ4n) is 1.52. The molecule has 1 aromatic heterocycles. The number of aromatic nitrogens is 1. The largest absolute Gasteiger partial charge is 0.348 e. The first-order valence-electron chi connectivity index (χ1n) is 5.86. The number of nitrogens with one attached hydrogen (secondary N) is 1. The lowest BCUT2D eigenvalue weighted by Crippen LogP contribution is -2.20. The lowest BCUT2D eigenvalue weighted by Gasteiger charge is -2.05. The summed E-state index contributed by atoms with van der Waals surface area (Å²) in [4.78, 5) is 16.0. The van der Waals surface area contributed by atoms with Gasteiger partial charge >= 0.3 is 0 Å². The number of carbonyl (C=O) groups is 1. The molecule has 1 aromatic carbocycles. The quantitative estimate of drug-likeness (QED) is 0.819. The Morgan fingerprint density at radius 2 is 2.35 bits per heavy atom. The molecule has 0 aliphatic carbocycles. The zero-order valence-corrected chi connectivity index (χ0v) is 13.8. The molecule has 0 aliphatic heterocycles. The third-order valence-electron chi connectivity index (χ3n) is 2.51. The molecule has 6 heteroatoms. The van der Waals surface area contributed by atoms with Crippen LogP contribution in [0.1, 0.15) is 16.3 Å². The van der Waals surface area contributed by atoms with Crippen LogP contribution in [0.5, 0.6) is 0 Å². The Bertz CT molecular complexity index is 654. The number of thiazole rings is 1. The predicted molar refractivity (Wildman–Crippen MR) is 86.9 cm³/mol. The van der Waals surface area contributed by atoms with Gasteiger partial charge in [0.05, 0.1) is 10.7 Å². The van der Waals surface area contributed by atoms with E-state index >= 15 is 0 Å². The van der Waals surface area contributed by atoms with Crippen LogP contribution in [0.3, 0.4) is 0 Å². The van der Waals surface area contributed by atoms with Crippen molar-refractivity contribution in [2.45, 2.75) is 13.5 Å². The molecule has 0 unspecified atom stereocenters. The molecule has 1 amide bonds. The van der Waals surface area contributed by atoms with Crippen LogP contribution in [0, 0.1) is 6.92 Å². The molecule has 0 bridgehead atoms. The summed E-state index contributed by atoms with van der Waals surface area (Å²) >= 11 is 11.0. The van der Waals surface area contributed by atoms with Gasteiger partial charge < -0.3 is 5.32 Å². The highest BCUT2D eigenvalue weighted by Gasteiger charge is 2.02. The van der Waals surface area contributed by atoms with Crippen molar-refractivity contribution < 1.29 is 4.79 Å². The maximum Gasteiger partial charge on any atom is 0.244 e. The predicted octanol–water partition coefficient (Wildman–Crippen LogP) is 4.20. The average molecular weight is 372 g/mol. The smallest absolute Gasteiger partial charge is 0.244 e. The number of rotatable bonds is 4. The molecule has 1 heterocycles. The topological polar surface area (TPSA) is 42.0 Å². The van der Waals surface area contributed by atoms with Crippen molar-refractivity contribution in [3.63, 3.8) is 0 Å². The summed E-state index contributed by atoms with van der Waals surface area (Å²) in [5.74, 6) is -0.172. The summed E-state index contributed by atoms with van der Waals surface area (Å²) in [7, 11) is 0. The Morgan fingerprint density at radius 1 is 1.55 bits per heavy atom. The van der Waals surface area contributed by atoms with Crippen LogP contribution in [0.25, 0.3) is 6.08 Å². The number of benzene rings is 1. The van der Waals surface area contributed by atoms with Gasteiger partial charge in [-0.25, -0.2) is 4.98 Å². The molecule has 20 heavy (non-hydrogen) atoms. The maximum atomic E-state index is 11.7. The van der Waals surface area contributed by atoms with Crippen molar-refractivity contribution in [2.75, 3.05) is 0 Å². The SMILES string of the molecule is Cc1nc(/C=C/C(=O)NCc2ccc(Br)cc2Cl)cs1. The number of hydrogen-bond acceptors (Lipinski definition) is 3. The van der Waals surface area contributed by atoms with Crippen molar-refractivity contribution >= 4 is 50.9 Å². The molecular weight excluding hydrogens is 360 g/mol. The van der Waals surface area contributed by atoms with Gasteiger partial charge in [0.1, 0.15) is 0 Å². The summed E-state index contributed by atoms with van der Waals surface area (Å²) < 4.78 is 0.913. The lowest BCUT2D eigenvalue weighted by molar-refractivity contribution is -0.116. The van der Waals surface area contributed by atoms with Gasteiger partial charge in [-0.15, -0.1) is 11.3 Å². The number of hydrogen-bond donors (Lipinski definition) is 1. The van der Waals surface area contributed by atoms with Gasteiger partial charge in [0.25, 0.3) is 0 Å². The summed E-state index contributed by atoms with van der Waals surface area (Å²) in [6.07, 6.45) is 3.17. The third kappa shape index (κ3) is 4.44. The van der Waals surface area contributed by atoms with Gasteiger partial charge in [0.15, 0.2) is 0 Å². The van der Waals surface area contributed by atoms with Crippen molar-refractivity contribution in [3.8, 4) is 0 Å². The molecule has 2 rings (SSSR count). The molecule has 0 saturated heterocycles. The van der Waals surface area contributed by atoms with Crippen LogP contribution in [-0.4, -0.2) is 10.9 Å². The highest BCUT2D eigenvalue weighted by atomic mass is 79.9. The molecule has 104 valence electrons. The summed E-state index contributed by atoms with van der Waals surface area (Å²) in [5, 5.41) is 6.30. The van der Waals surface area contributed by atoms with Gasteiger partial charge in [-0.1, -0.05) is 33.6 Å². The Balaban J connectivity index is 1.90. The first-order valence-corrected chi connectivity index (χ1v) is 7.91. The second-order valence-electron chi connectivity index (χ2n) is 4.08. The standard InChI is InChI=1S/C14H12BrClN2OS/c1-9-18-12(8-20-9)4-5-14(19)17-7-10-2-3-11(15)6-13(10)16/h2-6,8H,7H2,1H3,(H,17,19)/b5-4+. The summed E-state index contributed by atoms with van der Waals surface area (Å²) in [6.45, 7) is 2.32. The minimum Gasteiger partial charge on any atom is -0.348 e. The third-order valence-corrected chi connectivity index (χ3v) is 4.15. The first-order chi connectivity index (χ1) is 9.54. The second-order valence-corrected chi connectivity index (χ2v) is 6.46. The average Bonchev–Trinajstić information content (AvgIpc) is 2.81. The van der Waals surface area contributed by atoms with Crippen molar-refractivity contribution in [1.82, 2.24) is 10.3 Å². The van der Waals surface area contributed by atoms with Crippen LogP contribution in [-0.2, 0) is 11.3 Å². The van der Waals surface area contributed by atoms with E-state index in [0.717, 1.165) is 20.7 Å². The van der Waals surface area contributed by atoms with Gasteiger partial charge in [-0.05, 0) is 30.7 Å². The Labute approximate surface area is 134 Å². The number of nitrogens with zero attached hydrogens (tertiary/aromatic N) is 1. The fourth-order valence-corrected chi connectivity index (χ4v) is 2.85. The number of aryl methyl sites for hydroxylation is 1. The lowest BCUT2D eigenvalue weighted by atomic mass is 10.2. The van der Waals surface area contributed by atoms with Crippen LogP contribution >= 0.6 is 38.9 Å². The van der Waals surface area contributed by atoms with Gasteiger partial charge in [0, 0.05) is 27.5 Å². The molecule has 0 saturated carbocycles. The highest BCUT2D eigenvalue weighted by Crippen LogP contribution is 2.21. The maximum absolute atomic E-state index is 11.7. The molecule has 2 aromatic rings. The second kappa shape index (κ2) is 7.02. The van der Waals surface area contributed by atoms with E-state index in [1.807, 2.05) is 24.4 Å². The van der Waals surface area contributed by atoms with E-state index in [2.05, 4.69) is 26.2 Å². The van der Waals surface area contributed by atoms with Gasteiger partial charge in [-0.3, -0.25) is 4.79 Å². The molecule has 0 aliphatic rings. The summed E-state index contributed by atoms with van der Waals surface area (Å²) in [6, 6.07) is 5.57. The number of amides is 1. The van der Waals surface area contributed by atoms with E-state index in [1.54, 1.807) is 23.5 Å². The summed E-state index contributed by atoms with van der Waals surface area (Å²) in [5.41, 5.74) is 1.67. The monoisotopic (exact) mass is 370 g/mol. The van der Waals surface area contributed by atoms with Crippen molar-refractivity contribution in [3.05, 3.63) is 55.4 Å². The minimum absolute atomic E-state index is 0.172. The Kier molecular flexibility index (Phi) is 5.34. The van der Waals surface area contributed by atoms with Crippen LogP contribution in [0.4, 0.5) is 0 Å². The Hall–Kier alpha value is -1.17. The zero-order chi connectivity index (χ0) is 14.5. The molecule has 0 radical (unpaired) electrons. The Morgan fingerprint density at radius 3 is 3.00 bits per heavy atom. The molecule has 0 atom stereocenters. The number of carbonyl (C=O) groups excluding carboxylic acids is 1. The van der Waals surface area contributed by atoms with E-state index in [9.17, 15) is 4.79 Å². The molecule has 1 N–H and O–H groups in total. The highest BCUT2D eigenvalue weighted by molar-refractivity contribution is 9.10. The van der Waals surface area contributed by atoms with Crippen LogP contribution in [0.15, 0.2) is 34.1 Å². The van der Waals surface area contributed by atoms with Gasteiger partial charge in [-0.2, -0.15) is 0 Å². The molecular formula is C14H12BrClN2OS. The zero-order valence-electron chi connectivity index (χ0n) is 10.7. The molecule has 0 fully saturated rings. The van der Waals surface area contributed by atoms with Crippen molar-refractivity contribution in [2.24, 2.45) is 0 Å². The first kappa shape index (κ1) is 15.2. The van der Waals surface area contributed by atoms with E-state index in [-0.39, 0.29) is 5.91 Å². The normalized spacial score (nSPS) is 10.9. The van der Waals surface area contributed by atoms with Crippen molar-refractivity contribution in [1.29, 1.82) is 0 Å². The minimum atomic E-state index is -0.172. The van der Waals surface area contributed by atoms with Crippen LogP contribution < -0.4 is 5.32 Å². The molecule has 3 nitrogen and oxygen atoms in total. The van der Waals surface area contributed by atoms with E-state index in [1.165, 1.54) is 6.08 Å². The van der Waals surface area contributed by atoms with E-state index in [4.69, 9.17) is 11.6 Å². The van der Waals surface area contributed by atoms with E-state index in [0.29, 0.717) is 11.6 Å². The number of halogens is 2. The fraction of sp³-hybridized carbons (Fsp3) is 0.143. The van der Waals surface area contributed by atoms with Crippen LogP contribution in [0.2, 0.25) is 5.02 Å². The van der Waals surface area contributed by atoms with E-state index < -0.39 is 0 Å². The molecule has 0 spiro atoms.